The van der Waals surface area contributed by atoms with Gasteiger partial charge in [0.15, 0.2) is 8.32 Å². The third kappa shape index (κ3) is 9.58. The molecule has 0 saturated carbocycles. The van der Waals surface area contributed by atoms with Crippen LogP contribution in [0.3, 0.4) is 0 Å². The zero-order valence-electron chi connectivity index (χ0n) is 26.1. The minimum absolute atomic E-state index is 0.0435. The summed E-state index contributed by atoms with van der Waals surface area (Å²) in [6, 6.07) is 16.6. The molecule has 0 heterocycles. The van der Waals surface area contributed by atoms with Crippen LogP contribution in [0.1, 0.15) is 65.0 Å². The summed E-state index contributed by atoms with van der Waals surface area (Å²) in [5.74, 6) is 0.0435. The van der Waals surface area contributed by atoms with Crippen LogP contribution in [0.4, 0.5) is 9.59 Å². The fourth-order valence-corrected chi connectivity index (χ4v) is 5.93. The highest BCUT2D eigenvalue weighted by atomic mass is 28.4. The van der Waals surface area contributed by atoms with Gasteiger partial charge in [-0.05, 0) is 74.1 Å². The van der Waals surface area contributed by atoms with Gasteiger partial charge in [0, 0.05) is 25.6 Å². The predicted molar refractivity (Wildman–Crippen MR) is 167 cm³/mol. The Morgan fingerprint density at radius 2 is 1.41 bits per heavy atom. The first-order chi connectivity index (χ1) is 19.2. The molecular formula is C32H49N3O5Si. The summed E-state index contributed by atoms with van der Waals surface area (Å²) in [4.78, 5) is 24.7. The maximum atomic E-state index is 12.4. The number of amides is 2. The quantitative estimate of drug-likeness (QED) is 0.197. The smallest absolute Gasteiger partial charge is 0.407 e. The molecule has 41 heavy (non-hydrogen) atoms. The molecular weight excluding hydrogens is 534 g/mol. The van der Waals surface area contributed by atoms with Gasteiger partial charge < -0.3 is 29.9 Å². The third-order valence-electron chi connectivity index (χ3n) is 7.66. The summed E-state index contributed by atoms with van der Waals surface area (Å²) < 4.78 is 17.6. The normalized spacial score (nSPS) is 14.1. The van der Waals surface area contributed by atoms with Gasteiger partial charge in [-0.25, -0.2) is 9.59 Å². The molecule has 2 aromatic rings. The molecule has 2 aromatic carbocycles. The number of carbonyl (C=O) groups excluding carboxylic acids is 2. The first-order valence-electron chi connectivity index (χ1n) is 14.6. The van der Waals surface area contributed by atoms with Gasteiger partial charge in [-0.1, -0.05) is 69.3 Å². The van der Waals surface area contributed by atoms with E-state index in [4.69, 9.17) is 13.9 Å². The number of benzene rings is 2. The number of ether oxygens (including phenoxy) is 2. The lowest BCUT2D eigenvalue weighted by Gasteiger charge is -2.39. The minimum atomic E-state index is -2.05. The Bertz CT molecular complexity index is 1130. The van der Waals surface area contributed by atoms with Crippen LogP contribution in [0.15, 0.2) is 48.5 Å². The van der Waals surface area contributed by atoms with Gasteiger partial charge in [0.25, 0.3) is 0 Å². The van der Waals surface area contributed by atoms with Crippen molar-refractivity contribution in [3.63, 3.8) is 0 Å². The second-order valence-electron chi connectivity index (χ2n) is 13.2. The summed E-state index contributed by atoms with van der Waals surface area (Å²) >= 11 is 0. The lowest BCUT2D eigenvalue weighted by atomic mass is 9.98. The lowest BCUT2D eigenvalue weighted by Crippen LogP contribution is -2.50. The molecule has 0 radical (unpaired) electrons. The van der Waals surface area contributed by atoms with Crippen LogP contribution in [0.25, 0.3) is 11.1 Å². The van der Waals surface area contributed by atoms with Crippen molar-refractivity contribution in [2.75, 3.05) is 32.8 Å². The van der Waals surface area contributed by atoms with Crippen molar-refractivity contribution in [3.05, 3.63) is 59.7 Å². The maximum Gasteiger partial charge on any atom is 0.407 e. The molecule has 0 spiro atoms. The zero-order valence-corrected chi connectivity index (χ0v) is 27.1. The molecule has 3 N–H and O–H groups in total. The summed E-state index contributed by atoms with van der Waals surface area (Å²) in [5.41, 5.74) is 4.25. The SMILES string of the molecule is CC(C)(C)OC(=O)NCC(CNCCCNC(=O)OCC1c2ccccc2-c2ccccc21)O[Si](C)(C)C(C)(C)C. The second kappa shape index (κ2) is 13.9. The molecule has 2 amide bonds. The fraction of sp³-hybridized carbons (Fsp3) is 0.562. The van der Waals surface area contributed by atoms with Crippen molar-refractivity contribution in [1.29, 1.82) is 0 Å². The fourth-order valence-electron chi connectivity index (χ4n) is 4.58. The largest absolute Gasteiger partial charge is 0.449 e. The Morgan fingerprint density at radius 1 is 0.829 bits per heavy atom. The van der Waals surface area contributed by atoms with Crippen molar-refractivity contribution >= 4 is 20.5 Å². The summed E-state index contributed by atoms with van der Waals surface area (Å²) in [7, 11) is -2.05. The summed E-state index contributed by atoms with van der Waals surface area (Å²) in [5, 5.41) is 9.18. The Hall–Kier alpha value is -2.88. The molecule has 226 valence electrons. The second-order valence-corrected chi connectivity index (χ2v) is 17.9. The predicted octanol–water partition coefficient (Wildman–Crippen LogP) is 6.42. The molecule has 0 aromatic heterocycles. The topological polar surface area (TPSA) is 97.9 Å². The van der Waals surface area contributed by atoms with Crippen molar-refractivity contribution in [2.24, 2.45) is 0 Å². The van der Waals surface area contributed by atoms with Gasteiger partial charge in [0.2, 0.25) is 0 Å². The van der Waals surface area contributed by atoms with Gasteiger partial charge in [-0.2, -0.15) is 0 Å². The molecule has 8 nitrogen and oxygen atoms in total. The van der Waals surface area contributed by atoms with E-state index in [9.17, 15) is 9.59 Å². The van der Waals surface area contributed by atoms with E-state index in [1.807, 2.05) is 45.0 Å². The first-order valence-corrected chi connectivity index (χ1v) is 17.5. The molecule has 3 rings (SSSR count). The van der Waals surface area contributed by atoms with E-state index >= 15 is 0 Å². The van der Waals surface area contributed by atoms with Crippen LogP contribution in [0.2, 0.25) is 18.1 Å². The van der Waals surface area contributed by atoms with Crippen molar-refractivity contribution in [3.8, 4) is 11.1 Å². The molecule has 1 unspecified atom stereocenters. The van der Waals surface area contributed by atoms with Crippen molar-refractivity contribution in [2.45, 2.75) is 83.7 Å². The minimum Gasteiger partial charge on any atom is -0.449 e. The van der Waals surface area contributed by atoms with Crippen molar-refractivity contribution in [1.82, 2.24) is 16.0 Å². The standard InChI is InChI=1S/C32H49N3O5Si/c1-31(2,3)39-30(37)35-21-23(40-41(7,8)32(4,5)6)20-33-18-13-19-34-29(36)38-22-28-26-16-11-9-14-24(26)25-15-10-12-17-27(25)28/h9-12,14-17,23,28,33H,13,18-22H2,1-8H3,(H,34,36)(H,35,37). The van der Waals surface area contributed by atoms with Gasteiger partial charge in [-0.15, -0.1) is 0 Å². The monoisotopic (exact) mass is 583 g/mol. The summed E-state index contributed by atoms with van der Waals surface area (Å²) in [6.07, 6.45) is -0.323. The van der Waals surface area contributed by atoms with E-state index < -0.39 is 26.1 Å². The van der Waals surface area contributed by atoms with E-state index in [1.54, 1.807) is 0 Å². The van der Waals surface area contributed by atoms with Gasteiger partial charge in [0.05, 0.1) is 6.10 Å². The van der Waals surface area contributed by atoms with E-state index in [-0.39, 0.29) is 17.1 Å². The average Bonchev–Trinajstić information content (AvgIpc) is 3.19. The molecule has 0 aliphatic heterocycles. The Kier molecular flexibility index (Phi) is 11.0. The highest BCUT2D eigenvalue weighted by molar-refractivity contribution is 6.74. The number of hydrogen-bond acceptors (Lipinski definition) is 6. The number of hydrogen-bond donors (Lipinski definition) is 3. The van der Waals surface area contributed by atoms with E-state index in [2.05, 4.69) is 74.1 Å². The zero-order chi connectivity index (χ0) is 30.3. The van der Waals surface area contributed by atoms with E-state index in [0.29, 0.717) is 32.8 Å². The van der Waals surface area contributed by atoms with Gasteiger partial charge >= 0.3 is 12.2 Å². The van der Waals surface area contributed by atoms with Gasteiger partial charge in [-0.3, -0.25) is 0 Å². The molecule has 1 aliphatic carbocycles. The molecule has 1 aliphatic rings. The van der Waals surface area contributed by atoms with E-state index in [1.165, 1.54) is 22.3 Å². The first kappa shape index (κ1) is 32.6. The molecule has 0 bridgehead atoms. The molecule has 0 saturated heterocycles. The van der Waals surface area contributed by atoms with Crippen LogP contribution in [-0.4, -0.2) is 65.0 Å². The van der Waals surface area contributed by atoms with E-state index in [0.717, 1.165) is 6.42 Å². The third-order valence-corrected chi connectivity index (χ3v) is 12.2. The lowest BCUT2D eigenvalue weighted by molar-refractivity contribution is 0.0496. The van der Waals surface area contributed by atoms with Crippen LogP contribution < -0.4 is 16.0 Å². The summed E-state index contributed by atoms with van der Waals surface area (Å²) in [6.45, 7) is 18.9. The highest BCUT2D eigenvalue weighted by Gasteiger charge is 2.39. The molecule has 1 atom stereocenters. The molecule has 9 heteroatoms. The maximum absolute atomic E-state index is 12.4. The van der Waals surface area contributed by atoms with Crippen LogP contribution in [0, 0.1) is 0 Å². The van der Waals surface area contributed by atoms with Crippen LogP contribution in [-0.2, 0) is 13.9 Å². The molecule has 0 fully saturated rings. The number of rotatable bonds is 12. The Balaban J connectivity index is 1.41. The number of nitrogens with one attached hydrogen (secondary N) is 3. The number of fused-ring (bicyclic) bond motifs is 3. The van der Waals surface area contributed by atoms with Crippen LogP contribution >= 0.6 is 0 Å². The number of carbonyl (C=O) groups is 2. The number of alkyl carbamates (subject to hydrolysis) is 2. The van der Waals surface area contributed by atoms with Gasteiger partial charge in [0.1, 0.15) is 12.2 Å². The Morgan fingerprint density at radius 3 is 1.98 bits per heavy atom. The highest BCUT2D eigenvalue weighted by Crippen LogP contribution is 2.44. The Labute approximate surface area is 247 Å². The average molecular weight is 584 g/mol. The van der Waals surface area contributed by atoms with Crippen LogP contribution in [0.5, 0.6) is 0 Å². The van der Waals surface area contributed by atoms with Crippen molar-refractivity contribution < 1.29 is 23.5 Å².